The van der Waals surface area contributed by atoms with E-state index >= 15 is 0 Å². The van der Waals surface area contributed by atoms with Crippen molar-refractivity contribution in [2.45, 2.75) is 126 Å². The molecule has 2 aromatic rings. The molecule has 1 aliphatic carbocycles. The fraction of sp³-hybridized carbons (Fsp3) is 0.649. The second-order valence-corrected chi connectivity index (χ2v) is 15.1. The zero-order valence-electron chi connectivity index (χ0n) is 29.8. The second kappa shape index (κ2) is 11.1. The average Bonchev–Trinajstić information content (AvgIpc) is 3.67. The van der Waals surface area contributed by atoms with E-state index in [1.807, 2.05) is 13.0 Å². The lowest BCUT2D eigenvalue weighted by atomic mass is 9.77. The van der Waals surface area contributed by atoms with Crippen molar-refractivity contribution in [1.29, 1.82) is 0 Å². The van der Waals surface area contributed by atoms with Crippen molar-refractivity contribution in [3.05, 3.63) is 28.3 Å². The van der Waals surface area contributed by atoms with E-state index in [1.54, 1.807) is 13.8 Å². The average molecular weight is 741 g/mol. The predicted molar refractivity (Wildman–Crippen MR) is 173 cm³/mol. The Morgan fingerprint density at radius 3 is 2.49 bits per heavy atom. The van der Waals surface area contributed by atoms with Crippen molar-refractivity contribution < 1.29 is 76.3 Å². The van der Waals surface area contributed by atoms with Gasteiger partial charge >= 0.3 is 12.1 Å². The number of cyclic esters (lactones) is 1. The summed E-state index contributed by atoms with van der Waals surface area (Å²) in [4.78, 5) is 38.2. The molecule has 7 aliphatic heterocycles. The molecule has 2 bridgehead atoms. The second-order valence-electron chi connectivity index (χ2n) is 15.1. The highest BCUT2D eigenvalue weighted by Crippen LogP contribution is 2.72. The number of carbonyl (C=O) groups excluding carboxylic acids is 3. The van der Waals surface area contributed by atoms with Gasteiger partial charge in [0, 0.05) is 36.3 Å². The van der Waals surface area contributed by atoms with Crippen LogP contribution in [0.3, 0.4) is 0 Å². The Kier molecular flexibility index (Phi) is 7.10. The lowest BCUT2D eigenvalue weighted by Crippen LogP contribution is -2.72. The highest BCUT2D eigenvalue weighted by Gasteiger charge is 2.94. The number of esters is 1. The van der Waals surface area contributed by atoms with Crippen LogP contribution in [0.5, 0.6) is 17.2 Å². The van der Waals surface area contributed by atoms with Crippen LogP contribution in [0.25, 0.3) is 10.8 Å². The first-order valence-electron chi connectivity index (χ1n) is 18.2. The van der Waals surface area contributed by atoms with Crippen molar-refractivity contribution >= 4 is 28.7 Å². The lowest BCUT2D eigenvalue weighted by Gasteiger charge is -2.52. The van der Waals surface area contributed by atoms with Gasteiger partial charge in [-0.05, 0) is 51.7 Å². The maximum Gasteiger partial charge on any atom is 0.509 e. The molecule has 2 aromatic carbocycles. The summed E-state index contributed by atoms with van der Waals surface area (Å²) in [5, 5.41) is 12.8. The molecule has 10 atom stereocenters. The summed E-state index contributed by atoms with van der Waals surface area (Å²) in [6.45, 7) is 7.31. The van der Waals surface area contributed by atoms with E-state index < -0.39 is 78.0 Å². The Balaban J connectivity index is 1.15. The van der Waals surface area contributed by atoms with E-state index in [4.69, 9.17) is 56.8 Å². The number of fused-ring (bicyclic) bond motifs is 8. The summed E-state index contributed by atoms with van der Waals surface area (Å²) in [6, 6.07) is 1.89. The summed E-state index contributed by atoms with van der Waals surface area (Å²) in [5.41, 5.74) is -0.766. The molecule has 0 radical (unpaired) electrons. The molecule has 16 nitrogen and oxygen atoms in total. The van der Waals surface area contributed by atoms with Crippen molar-refractivity contribution in [1.82, 2.24) is 0 Å². The van der Waals surface area contributed by atoms with E-state index in [0.29, 0.717) is 54.7 Å². The molecule has 6 saturated heterocycles. The predicted octanol–water partition coefficient (Wildman–Crippen LogP) is 3.55. The van der Waals surface area contributed by atoms with E-state index in [1.165, 1.54) is 14.0 Å². The Morgan fingerprint density at radius 2 is 1.81 bits per heavy atom. The number of carbonyl (C=O) groups is 3. The number of aromatic hydroxyl groups is 1. The molecule has 284 valence electrons. The fourth-order valence-corrected chi connectivity index (χ4v) is 10.0. The molecule has 0 saturated carbocycles. The first-order valence-corrected chi connectivity index (χ1v) is 18.2. The minimum atomic E-state index is -1.84. The molecular formula is C37H40O16. The van der Waals surface area contributed by atoms with Crippen LogP contribution in [0.15, 0.2) is 6.07 Å². The molecule has 53 heavy (non-hydrogen) atoms. The molecular weight excluding hydrogens is 700 g/mol. The molecule has 10 rings (SSSR count). The highest BCUT2D eigenvalue weighted by molar-refractivity contribution is 6.11. The molecule has 6 fully saturated rings. The number of phenols is 1. The van der Waals surface area contributed by atoms with Gasteiger partial charge in [-0.1, -0.05) is 0 Å². The van der Waals surface area contributed by atoms with Gasteiger partial charge < -0.3 is 61.9 Å². The molecule has 1 N–H and O–H groups in total. The van der Waals surface area contributed by atoms with Gasteiger partial charge in [0.15, 0.2) is 24.3 Å². The molecule has 8 aliphatic rings. The van der Waals surface area contributed by atoms with Crippen LogP contribution < -0.4 is 9.47 Å². The van der Waals surface area contributed by atoms with Crippen LogP contribution in [0.4, 0.5) is 4.79 Å². The van der Waals surface area contributed by atoms with E-state index in [2.05, 4.69) is 0 Å². The third-order valence-corrected chi connectivity index (χ3v) is 12.3. The standard InChI is InChI=1S/C37H40O16/c1-15-12-20-26(27(40)25-19(28(20)42-5)8-6-9-21(25)39)29-24(15)30-31-36(50-29,34(14-45-34)37(51-30,52-31)32-43-10-7-11-44-32)49-23-13-22(48-18(4)38)35(16(2)46-23)17(3)47-33(41)53-35/h12,16-17,22-23,30-32,40H,6-11,13-14H2,1-5H3/t16?,17-,22+,23+,30?,31?,34+,35+,36-,37?/m1/s1. The lowest BCUT2D eigenvalue weighted by molar-refractivity contribution is -0.393. The molecule has 0 aromatic heterocycles. The third kappa shape index (κ3) is 4.12. The SMILES string of the molecule is COc1c2c(c(O)c3c4c(c(C)cc13)C1OC3(C5OCCCO5)OC1[C@@](O[C@H]1C[C@H](OC(C)=O)[C@]5(OC(=O)O[C@@H]5C)C(C)O1)(O4)[C@@]31CO1)C(=O)CCC2. The van der Waals surface area contributed by atoms with E-state index in [0.717, 1.165) is 5.56 Å². The van der Waals surface area contributed by atoms with Crippen molar-refractivity contribution in [3.8, 4) is 17.2 Å². The Morgan fingerprint density at radius 1 is 1.04 bits per heavy atom. The maximum absolute atomic E-state index is 13.4. The molecule has 2 spiro atoms. The Labute approximate surface area is 303 Å². The monoisotopic (exact) mass is 740 g/mol. The van der Waals surface area contributed by atoms with Crippen molar-refractivity contribution in [2.75, 3.05) is 26.9 Å². The van der Waals surface area contributed by atoms with Crippen LogP contribution in [-0.4, -0.2) is 110 Å². The van der Waals surface area contributed by atoms with E-state index in [9.17, 15) is 19.5 Å². The smallest absolute Gasteiger partial charge is 0.506 e. The number of hydrogen-bond acceptors (Lipinski definition) is 16. The van der Waals surface area contributed by atoms with Gasteiger partial charge in [0.05, 0.1) is 37.9 Å². The molecule has 16 heteroatoms. The van der Waals surface area contributed by atoms with Gasteiger partial charge in [-0.2, -0.15) is 0 Å². The third-order valence-electron chi connectivity index (χ3n) is 12.3. The van der Waals surface area contributed by atoms with Gasteiger partial charge in [0.2, 0.25) is 17.5 Å². The van der Waals surface area contributed by atoms with E-state index in [-0.39, 0.29) is 47.7 Å². The minimum Gasteiger partial charge on any atom is -0.506 e. The quantitative estimate of drug-likeness (QED) is 0.346. The normalized spacial score (nSPS) is 40.8. The number of epoxide rings is 1. The number of aryl methyl sites for hydroxylation is 1. The van der Waals surface area contributed by atoms with Crippen LogP contribution in [0.2, 0.25) is 0 Å². The number of ketones is 1. The summed E-state index contributed by atoms with van der Waals surface area (Å²) in [5.74, 6) is -3.83. The maximum atomic E-state index is 13.4. The summed E-state index contributed by atoms with van der Waals surface area (Å²) >= 11 is 0. The van der Waals surface area contributed by atoms with Crippen molar-refractivity contribution in [3.63, 3.8) is 0 Å². The number of benzene rings is 2. The minimum absolute atomic E-state index is 0.0454. The molecule has 7 heterocycles. The summed E-state index contributed by atoms with van der Waals surface area (Å²) in [6.07, 6.45) is -5.64. The molecule has 0 amide bonds. The highest BCUT2D eigenvalue weighted by atomic mass is 16.9. The zero-order valence-corrected chi connectivity index (χ0v) is 29.8. The largest absolute Gasteiger partial charge is 0.509 e. The zero-order chi connectivity index (χ0) is 36.8. The Bertz CT molecular complexity index is 1970. The fourth-order valence-electron chi connectivity index (χ4n) is 10.0. The summed E-state index contributed by atoms with van der Waals surface area (Å²) < 4.78 is 75.8. The van der Waals surface area contributed by atoms with Gasteiger partial charge in [-0.25, -0.2) is 4.79 Å². The van der Waals surface area contributed by atoms with Gasteiger partial charge in [-0.3, -0.25) is 9.59 Å². The number of hydrogen-bond donors (Lipinski definition) is 1. The van der Waals surface area contributed by atoms with Gasteiger partial charge in [0.25, 0.3) is 11.6 Å². The number of phenolic OH excluding ortho intramolecular Hbond substituents is 1. The number of ether oxygens (including phenoxy) is 12. The van der Waals surface area contributed by atoms with Crippen LogP contribution in [0, 0.1) is 6.92 Å². The Hall–Kier alpha value is -3.77. The first-order chi connectivity index (χ1) is 25.4. The number of rotatable bonds is 5. The van der Waals surface area contributed by atoms with Gasteiger partial charge in [-0.15, -0.1) is 0 Å². The first kappa shape index (κ1) is 33.8. The summed E-state index contributed by atoms with van der Waals surface area (Å²) in [7, 11) is 1.54. The van der Waals surface area contributed by atoms with Crippen molar-refractivity contribution in [2.24, 2.45) is 0 Å². The topological polar surface area (TPSA) is 186 Å². The number of methoxy groups -OCH3 is 1. The number of Topliss-reactive ketones (excluding diaryl/α,β-unsaturated/α-hetero) is 1. The van der Waals surface area contributed by atoms with Gasteiger partial charge in [0.1, 0.15) is 35.6 Å². The van der Waals surface area contributed by atoms with Crippen LogP contribution in [-0.2, 0) is 58.6 Å². The van der Waals surface area contributed by atoms with Crippen LogP contribution in [0.1, 0.15) is 79.6 Å². The van der Waals surface area contributed by atoms with Crippen LogP contribution >= 0.6 is 0 Å². The molecule has 4 unspecified atom stereocenters.